The molecular weight excluding hydrogens is 246 g/mol. The van der Waals surface area contributed by atoms with Crippen LogP contribution in [0.4, 0.5) is 0 Å². The van der Waals surface area contributed by atoms with Gasteiger partial charge in [0.2, 0.25) is 5.89 Å². The maximum absolute atomic E-state index is 5.19. The van der Waals surface area contributed by atoms with Gasteiger partial charge in [-0.1, -0.05) is 30.3 Å². The standard InChI is InChI=1S/C13H17N3OS/c1-2-14-9-8-13-15-12(16-17-13)10-18-11-6-4-3-5-7-11/h3-7,14H,2,8-10H2,1H3. The van der Waals surface area contributed by atoms with Gasteiger partial charge in [-0.25, -0.2) is 0 Å². The third kappa shape index (κ3) is 4.16. The zero-order chi connectivity index (χ0) is 12.6. The Bertz CT molecular complexity index is 458. The molecule has 1 heterocycles. The summed E-state index contributed by atoms with van der Waals surface area (Å²) in [6.07, 6.45) is 0.789. The number of hydrogen-bond acceptors (Lipinski definition) is 5. The van der Waals surface area contributed by atoms with Gasteiger partial charge in [0.05, 0.1) is 5.75 Å². The van der Waals surface area contributed by atoms with Gasteiger partial charge in [-0.3, -0.25) is 0 Å². The van der Waals surface area contributed by atoms with E-state index in [1.807, 2.05) is 18.2 Å². The highest BCUT2D eigenvalue weighted by Gasteiger charge is 2.06. The number of benzene rings is 1. The maximum Gasteiger partial charge on any atom is 0.227 e. The first-order chi connectivity index (χ1) is 8.88. The molecule has 2 aromatic rings. The normalized spacial score (nSPS) is 10.7. The maximum atomic E-state index is 5.19. The van der Waals surface area contributed by atoms with Crippen LogP contribution in [-0.2, 0) is 12.2 Å². The van der Waals surface area contributed by atoms with Crippen LogP contribution in [0.1, 0.15) is 18.6 Å². The number of aromatic nitrogens is 2. The van der Waals surface area contributed by atoms with Crippen LogP contribution in [0.2, 0.25) is 0 Å². The third-order valence-electron chi connectivity index (χ3n) is 2.39. The van der Waals surface area contributed by atoms with E-state index in [1.165, 1.54) is 4.90 Å². The van der Waals surface area contributed by atoms with Gasteiger partial charge < -0.3 is 9.84 Å². The van der Waals surface area contributed by atoms with Gasteiger partial charge >= 0.3 is 0 Å². The van der Waals surface area contributed by atoms with Crippen molar-refractivity contribution in [3.8, 4) is 0 Å². The zero-order valence-electron chi connectivity index (χ0n) is 10.4. The van der Waals surface area contributed by atoms with Crippen molar-refractivity contribution >= 4 is 11.8 Å². The fourth-order valence-electron chi connectivity index (χ4n) is 1.49. The molecule has 0 saturated carbocycles. The van der Waals surface area contributed by atoms with Gasteiger partial charge in [0.15, 0.2) is 5.82 Å². The molecular formula is C13H17N3OS. The minimum absolute atomic E-state index is 0.708. The second kappa shape index (κ2) is 7.18. The minimum atomic E-state index is 0.708. The van der Waals surface area contributed by atoms with E-state index in [4.69, 9.17) is 4.52 Å². The van der Waals surface area contributed by atoms with E-state index in [0.29, 0.717) is 5.89 Å². The summed E-state index contributed by atoms with van der Waals surface area (Å²) >= 11 is 1.71. The number of thioether (sulfide) groups is 1. The van der Waals surface area contributed by atoms with Crippen molar-refractivity contribution in [1.82, 2.24) is 15.5 Å². The summed E-state index contributed by atoms with van der Waals surface area (Å²) in [6, 6.07) is 10.2. The predicted octanol–water partition coefficient (Wildman–Crippen LogP) is 2.51. The second-order valence-electron chi connectivity index (χ2n) is 3.81. The zero-order valence-corrected chi connectivity index (χ0v) is 11.2. The molecule has 18 heavy (non-hydrogen) atoms. The first-order valence-corrected chi connectivity index (χ1v) is 7.07. The van der Waals surface area contributed by atoms with E-state index in [9.17, 15) is 0 Å². The summed E-state index contributed by atoms with van der Waals surface area (Å²) in [7, 11) is 0. The molecule has 0 spiro atoms. The summed E-state index contributed by atoms with van der Waals surface area (Å²) in [4.78, 5) is 5.58. The highest BCUT2D eigenvalue weighted by Crippen LogP contribution is 2.20. The minimum Gasteiger partial charge on any atom is -0.339 e. The van der Waals surface area contributed by atoms with Crippen LogP contribution in [0.5, 0.6) is 0 Å². The Morgan fingerprint density at radius 2 is 2.11 bits per heavy atom. The molecule has 0 fully saturated rings. The van der Waals surface area contributed by atoms with Crippen LogP contribution in [0.15, 0.2) is 39.8 Å². The van der Waals surface area contributed by atoms with Crippen molar-refractivity contribution in [2.75, 3.05) is 13.1 Å². The molecule has 4 nitrogen and oxygen atoms in total. The van der Waals surface area contributed by atoms with E-state index < -0.39 is 0 Å². The lowest BCUT2D eigenvalue weighted by Crippen LogP contribution is -2.16. The molecule has 0 aliphatic carbocycles. The molecule has 1 aromatic heterocycles. The number of nitrogens with zero attached hydrogens (tertiary/aromatic N) is 2. The smallest absolute Gasteiger partial charge is 0.227 e. The molecule has 1 N–H and O–H groups in total. The average Bonchev–Trinajstić information content (AvgIpc) is 2.86. The summed E-state index contributed by atoms with van der Waals surface area (Å²) in [6.45, 7) is 3.92. The third-order valence-corrected chi connectivity index (χ3v) is 3.39. The molecule has 0 unspecified atom stereocenters. The van der Waals surface area contributed by atoms with Crippen LogP contribution < -0.4 is 5.32 Å². The lowest BCUT2D eigenvalue weighted by Gasteiger charge is -1.96. The van der Waals surface area contributed by atoms with Gasteiger partial charge in [-0.2, -0.15) is 4.98 Å². The topological polar surface area (TPSA) is 51.0 Å². The van der Waals surface area contributed by atoms with Crippen molar-refractivity contribution in [2.45, 2.75) is 24.0 Å². The Kier molecular flexibility index (Phi) is 5.23. The molecule has 0 atom stereocenters. The first-order valence-electron chi connectivity index (χ1n) is 6.08. The number of rotatable bonds is 7. The van der Waals surface area contributed by atoms with E-state index in [0.717, 1.165) is 31.1 Å². The molecule has 96 valence electrons. The molecule has 5 heteroatoms. The Morgan fingerprint density at radius 1 is 1.28 bits per heavy atom. The summed E-state index contributed by atoms with van der Waals surface area (Å²) in [5.41, 5.74) is 0. The van der Waals surface area contributed by atoms with E-state index in [1.54, 1.807) is 11.8 Å². The largest absolute Gasteiger partial charge is 0.339 e. The molecule has 0 amide bonds. The quantitative estimate of drug-likeness (QED) is 0.614. The van der Waals surface area contributed by atoms with Crippen LogP contribution in [0.3, 0.4) is 0 Å². The van der Waals surface area contributed by atoms with Gasteiger partial charge in [-0.15, -0.1) is 11.8 Å². The summed E-state index contributed by atoms with van der Waals surface area (Å²) in [5.74, 6) is 2.21. The fourth-order valence-corrected chi connectivity index (χ4v) is 2.25. The predicted molar refractivity (Wildman–Crippen MR) is 72.5 cm³/mol. The number of nitrogens with one attached hydrogen (secondary N) is 1. The average molecular weight is 263 g/mol. The summed E-state index contributed by atoms with van der Waals surface area (Å²) < 4.78 is 5.19. The lowest BCUT2D eigenvalue weighted by atomic mass is 10.4. The SMILES string of the molecule is CCNCCc1nc(CSc2ccccc2)no1. The van der Waals surface area contributed by atoms with Crippen molar-refractivity contribution in [1.29, 1.82) is 0 Å². The van der Waals surface area contributed by atoms with Crippen LogP contribution in [-0.4, -0.2) is 23.2 Å². The Labute approximate surface area is 111 Å². The van der Waals surface area contributed by atoms with E-state index in [-0.39, 0.29) is 0 Å². The van der Waals surface area contributed by atoms with Crippen molar-refractivity contribution in [3.63, 3.8) is 0 Å². The lowest BCUT2D eigenvalue weighted by molar-refractivity contribution is 0.372. The van der Waals surface area contributed by atoms with Crippen LogP contribution in [0.25, 0.3) is 0 Å². The molecule has 0 aliphatic rings. The Hall–Kier alpha value is -1.33. The van der Waals surface area contributed by atoms with Gasteiger partial charge in [0.1, 0.15) is 0 Å². The molecule has 0 radical (unpaired) electrons. The highest BCUT2D eigenvalue weighted by molar-refractivity contribution is 7.98. The Balaban J connectivity index is 1.80. The number of hydrogen-bond donors (Lipinski definition) is 1. The first kappa shape index (κ1) is 13.1. The van der Waals surface area contributed by atoms with Crippen LogP contribution >= 0.6 is 11.8 Å². The van der Waals surface area contributed by atoms with Crippen LogP contribution in [0, 0.1) is 0 Å². The Morgan fingerprint density at radius 3 is 2.89 bits per heavy atom. The van der Waals surface area contributed by atoms with Gasteiger partial charge in [0, 0.05) is 17.9 Å². The second-order valence-corrected chi connectivity index (χ2v) is 4.86. The van der Waals surface area contributed by atoms with Gasteiger partial charge in [0.25, 0.3) is 0 Å². The monoisotopic (exact) mass is 263 g/mol. The fraction of sp³-hybridized carbons (Fsp3) is 0.385. The highest BCUT2D eigenvalue weighted by atomic mass is 32.2. The molecule has 0 bridgehead atoms. The van der Waals surface area contributed by atoms with E-state index in [2.05, 4.69) is 34.5 Å². The molecule has 2 rings (SSSR count). The summed E-state index contributed by atoms with van der Waals surface area (Å²) in [5, 5.41) is 7.21. The van der Waals surface area contributed by atoms with Crippen molar-refractivity contribution < 1.29 is 4.52 Å². The number of likely N-dealkylation sites (N-methyl/N-ethyl adjacent to an activating group) is 1. The molecule has 1 aromatic carbocycles. The molecule has 0 saturated heterocycles. The van der Waals surface area contributed by atoms with Gasteiger partial charge in [-0.05, 0) is 18.7 Å². The van der Waals surface area contributed by atoms with Crippen molar-refractivity contribution in [3.05, 3.63) is 42.0 Å². The molecule has 0 aliphatic heterocycles. The van der Waals surface area contributed by atoms with Crippen molar-refractivity contribution in [2.24, 2.45) is 0 Å². The van der Waals surface area contributed by atoms with E-state index >= 15 is 0 Å².